The van der Waals surface area contributed by atoms with Gasteiger partial charge in [0.2, 0.25) is 5.95 Å². The van der Waals surface area contributed by atoms with Crippen LogP contribution in [0.25, 0.3) is 0 Å². The summed E-state index contributed by atoms with van der Waals surface area (Å²) in [4.78, 5) is 24.7. The van der Waals surface area contributed by atoms with Gasteiger partial charge < -0.3 is 21.3 Å². The molecule has 8 nitrogen and oxygen atoms in total. The fourth-order valence-electron chi connectivity index (χ4n) is 3.71. The van der Waals surface area contributed by atoms with Gasteiger partial charge in [-0.3, -0.25) is 4.79 Å². The Balaban J connectivity index is 1.66. The lowest BCUT2D eigenvalue weighted by Gasteiger charge is -2.18. The van der Waals surface area contributed by atoms with Crippen LogP contribution in [0, 0.1) is 5.82 Å². The number of pyridine rings is 1. The minimum absolute atomic E-state index is 0.0388. The molecular formula is C24H24F5N7O. The first-order chi connectivity index (χ1) is 17.4. The molecule has 196 valence electrons. The quantitative estimate of drug-likeness (QED) is 0.336. The summed E-state index contributed by atoms with van der Waals surface area (Å²) in [5.41, 5.74) is 0.0415. The number of carbonyl (C=O) groups is 1. The average molecular weight is 521 g/mol. The number of nitrogens with one attached hydrogen (secondary N) is 4. The number of alkyl halides is 4. The van der Waals surface area contributed by atoms with E-state index in [-0.39, 0.29) is 23.1 Å². The lowest BCUT2D eigenvalue weighted by Crippen LogP contribution is -2.34. The number of anilines is 4. The van der Waals surface area contributed by atoms with Crippen molar-refractivity contribution in [1.82, 2.24) is 25.6 Å². The molecule has 2 aromatic heterocycles. The molecule has 4 rings (SSSR count). The molecule has 1 aliphatic heterocycles. The molecule has 1 aromatic carbocycles. The Morgan fingerprint density at radius 2 is 1.84 bits per heavy atom. The number of halogens is 5. The van der Waals surface area contributed by atoms with Crippen molar-refractivity contribution in [1.29, 1.82) is 0 Å². The van der Waals surface area contributed by atoms with Gasteiger partial charge in [0.05, 0.1) is 0 Å². The topological polar surface area (TPSA) is 104 Å². The summed E-state index contributed by atoms with van der Waals surface area (Å²) in [5, 5.41) is 10.7. The van der Waals surface area contributed by atoms with E-state index in [1.165, 1.54) is 6.07 Å². The predicted molar refractivity (Wildman–Crippen MR) is 127 cm³/mol. The van der Waals surface area contributed by atoms with E-state index in [1.807, 2.05) is 18.2 Å². The Labute approximate surface area is 209 Å². The summed E-state index contributed by atoms with van der Waals surface area (Å²) in [6.45, 7) is 2.28. The van der Waals surface area contributed by atoms with Crippen molar-refractivity contribution < 1.29 is 26.7 Å². The van der Waals surface area contributed by atoms with Crippen molar-refractivity contribution in [3.8, 4) is 0 Å². The summed E-state index contributed by atoms with van der Waals surface area (Å²) in [7, 11) is 0. The van der Waals surface area contributed by atoms with Crippen molar-refractivity contribution in [3.05, 3.63) is 64.7 Å². The van der Waals surface area contributed by atoms with Crippen molar-refractivity contribution in [2.75, 3.05) is 23.7 Å². The van der Waals surface area contributed by atoms with Crippen LogP contribution in [0.3, 0.4) is 0 Å². The molecule has 13 heteroatoms. The third kappa shape index (κ3) is 6.67. The van der Waals surface area contributed by atoms with E-state index in [0.29, 0.717) is 5.69 Å². The molecule has 0 unspecified atom stereocenters. The zero-order valence-electron chi connectivity index (χ0n) is 19.9. The minimum atomic E-state index is -4.63. The number of fused-ring (bicyclic) bond motifs is 1. The molecule has 1 aliphatic rings. The second-order valence-corrected chi connectivity index (χ2v) is 8.91. The standard InChI is InChI=1S/C24H24F5N7O/c1-23(2,26)19-17(25)5-6-18(34-19)35-20-16(21(37)32-12-24(27,28)29)11-31-22(36-20)33-15-4-3-14-10-30-8-7-13(14)9-15/h3-6,9,11,30H,7-8,10,12H2,1-2H3,(H,32,37)(H2,31,33,34,35,36). The zero-order valence-corrected chi connectivity index (χ0v) is 19.9. The Kier molecular flexibility index (Phi) is 7.25. The molecule has 0 fully saturated rings. The van der Waals surface area contributed by atoms with Crippen LogP contribution in [0.1, 0.15) is 41.0 Å². The maximum absolute atomic E-state index is 14.4. The van der Waals surface area contributed by atoms with Crippen LogP contribution in [0.2, 0.25) is 0 Å². The van der Waals surface area contributed by atoms with Gasteiger partial charge in [-0.2, -0.15) is 18.2 Å². The van der Waals surface area contributed by atoms with E-state index in [1.54, 1.807) is 5.32 Å². The van der Waals surface area contributed by atoms with Crippen LogP contribution >= 0.6 is 0 Å². The highest BCUT2D eigenvalue weighted by Crippen LogP contribution is 2.28. The molecule has 0 radical (unpaired) electrons. The van der Waals surface area contributed by atoms with Gasteiger partial charge in [0.25, 0.3) is 5.91 Å². The third-order valence-electron chi connectivity index (χ3n) is 5.49. The third-order valence-corrected chi connectivity index (χ3v) is 5.49. The number of amides is 1. The van der Waals surface area contributed by atoms with E-state index < -0.39 is 35.8 Å². The first kappa shape index (κ1) is 26.2. The fraction of sp³-hybridized carbons (Fsp3) is 0.333. The fourth-order valence-corrected chi connectivity index (χ4v) is 3.71. The highest BCUT2D eigenvalue weighted by molar-refractivity contribution is 5.99. The highest BCUT2D eigenvalue weighted by Gasteiger charge is 2.29. The summed E-state index contributed by atoms with van der Waals surface area (Å²) >= 11 is 0. The lowest BCUT2D eigenvalue weighted by atomic mass is 10.0. The first-order valence-corrected chi connectivity index (χ1v) is 11.3. The number of nitrogens with zero attached hydrogens (tertiary/aromatic N) is 3. The number of rotatable bonds is 7. The molecule has 0 aliphatic carbocycles. The van der Waals surface area contributed by atoms with Crippen molar-refractivity contribution in [2.45, 2.75) is 38.7 Å². The van der Waals surface area contributed by atoms with Gasteiger partial charge in [-0.1, -0.05) is 6.07 Å². The Morgan fingerprint density at radius 3 is 2.57 bits per heavy atom. The van der Waals surface area contributed by atoms with E-state index >= 15 is 0 Å². The monoisotopic (exact) mass is 521 g/mol. The van der Waals surface area contributed by atoms with Gasteiger partial charge in [0, 0.05) is 18.4 Å². The van der Waals surface area contributed by atoms with Gasteiger partial charge in [0.15, 0.2) is 0 Å². The molecule has 0 atom stereocenters. The minimum Gasteiger partial charge on any atom is -0.343 e. The largest absolute Gasteiger partial charge is 0.405 e. The van der Waals surface area contributed by atoms with Crippen LogP contribution in [0.15, 0.2) is 36.5 Å². The molecule has 3 aromatic rings. The van der Waals surface area contributed by atoms with Crippen molar-refractivity contribution in [3.63, 3.8) is 0 Å². The smallest absolute Gasteiger partial charge is 0.343 e. The number of benzene rings is 1. The van der Waals surface area contributed by atoms with Crippen LogP contribution in [-0.2, 0) is 18.6 Å². The average Bonchev–Trinajstić information content (AvgIpc) is 2.83. The number of hydrogen-bond donors (Lipinski definition) is 4. The predicted octanol–water partition coefficient (Wildman–Crippen LogP) is 4.64. The lowest BCUT2D eigenvalue weighted by molar-refractivity contribution is -0.123. The summed E-state index contributed by atoms with van der Waals surface area (Å²) in [6.07, 6.45) is -2.75. The second-order valence-electron chi connectivity index (χ2n) is 8.91. The molecule has 0 bridgehead atoms. The van der Waals surface area contributed by atoms with E-state index in [9.17, 15) is 26.7 Å². The molecule has 3 heterocycles. The zero-order chi connectivity index (χ0) is 26.8. The van der Waals surface area contributed by atoms with E-state index in [4.69, 9.17) is 0 Å². The maximum atomic E-state index is 14.4. The van der Waals surface area contributed by atoms with Crippen LogP contribution in [0.4, 0.5) is 45.2 Å². The Morgan fingerprint density at radius 1 is 1.05 bits per heavy atom. The molecule has 4 N–H and O–H groups in total. The molecule has 0 saturated heterocycles. The van der Waals surface area contributed by atoms with Gasteiger partial charge in [-0.25, -0.2) is 18.7 Å². The first-order valence-electron chi connectivity index (χ1n) is 11.3. The summed E-state index contributed by atoms with van der Waals surface area (Å²) in [6, 6.07) is 7.88. The van der Waals surface area contributed by atoms with Crippen molar-refractivity contribution in [2.24, 2.45) is 0 Å². The van der Waals surface area contributed by atoms with E-state index in [2.05, 4.69) is 30.9 Å². The van der Waals surface area contributed by atoms with Gasteiger partial charge >= 0.3 is 6.18 Å². The summed E-state index contributed by atoms with van der Waals surface area (Å²) < 4.78 is 66.4. The Hall–Kier alpha value is -3.87. The van der Waals surface area contributed by atoms with Gasteiger partial charge in [-0.05, 0) is 62.2 Å². The summed E-state index contributed by atoms with van der Waals surface area (Å²) in [5.74, 6) is -2.22. The number of carbonyl (C=O) groups excluding carboxylic acids is 1. The van der Waals surface area contributed by atoms with Crippen LogP contribution in [0.5, 0.6) is 0 Å². The van der Waals surface area contributed by atoms with Gasteiger partial charge in [-0.15, -0.1) is 0 Å². The maximum Gasteiger partial charge on any atom is 0.405 e. The molecular weight excluding hydrogens is 497 g/mol. The van der Waals surface area contributed by atoms with Gasteiger partial charge in [0.1, 0.15) is 40.9 Å². The molecule has 0 spiro atoms. The SMILES string of the molecule is CC(C)(F)c1nc(Nc2nc(Nc3ccc4c(c3)CCNC4)ncc2C(=O)NCC(F)(F)F)ccc1F. The highest BCUT2D eigenvalue weighted by atomic mass is 19.4. The Bertz CT molecular complexity index is 1310. The number of hydrogen-bond acceptors (Lipinski definition) is 7. The van der Waals surface area contributed by atoms with Crippen LogP contribution < -0.4 is 21.3 Å². The van der Waals surface area contributed by atoms with Crippen LogP contribution in [-0.4, -0.2) is 40.1 Å². The molecule has 1 amide bonds. The van der Waals surface area contributed by atoms with E-state index in [0.717, 1.165) is 56.7 Å². The normalized spacial score (nSPS) is 13.6. The van der Waals surface area contributed by atoms with Crippen molar-refractivity contribution >= 4 is 29.2 Å². The second kappa shape index (κ2) is 10.2. The number of aromatic nitrogens is 3. The molecule has 37 heavy (non-hydrogen) atoms. The molecule has 0 saturated carbocycles.